The summed E-state index contributed by atoms with van der Waals surface area (Å²) in [6, 6.07) is 1.70. The van der Waals surface area contributed by atoms with Crippen LogP contribution in [0.25, 0.3) is 0 Å². The molecule has 0 aliphatic carbocycles. The molecule has 1 aromatic heterocycles. The number of hydrogen-bond acceptors (Lipinski definition) is 2. The molecule has 0 aromatic carbocycles. The third-order valence-electron chi connectivity index (χ3n) is 2.02. The van der Waals surface area contributed by atoms with Gasteiger partial charge in [-0.1, -0.05) is 13.8 Å². The van der Waals surface area contributed by atoms with Crippen molar-refractivity contribution in [2.75, 3.05) is 6.54 Å². The van der Waals surface area contributed by atoms with E-state index in [9.17, 15) is 4.79 Å². The van der Waals surface area contributed by atoms with Crippen molar-refractivity contribution in [1.29, 1.82) is 0 Å². The summed E-state index contributed by atoms with van der Waals surface area (Å²) in [4.78, 5) is 15.6. The molecule has 0 spiro atoms. The van der Waals surface area contributed by atoms with Crippen LogP contribution in [-0.2, 0) is 0 Å². The van der Waals surface area contributed by atoms with Gasteiger partial charge in [0.25, 0.3) is 5.91 Å². The maximum absolute atomic E-state index is 11.7. The van der Waals surface area contributed by atoms with Crippen LogP contribution in [0.3, 0.4) is 0 Å². The van der Waals surface area contributed by atoms with Crippen LogP contribution in [0.15, 0.2) is 22.9 Å². The molecule has 4 heteroatoms. The zero-order chi connectivity index (χ0) is 11.3. The topological polar surface area (TPSA) is 42.0 Å². The molecule has 15 heavy (non-hydrogen) atoms. The van der Waals surface area contributed by atoms with Gasteiger partial charge in [-0.05, 0) is 34.3 Å². The van der Waals surface area contributed by atoms with Crippen LogP contribution in [-0.4, -0.2) is 17.4 Å². The highest BCUT2D eigenvalue weighted by molar-refractivity contribution is 9.10. The molecule has 1 aromatic rings. The molecule has 0 bridgehead atoms. The number of amides is 1. The van der Waals surface area contributed by atoms with Crippen molar-refractivity contribution in [3.8, 4) is 0 Å². The Balaban J connectivity index is 2.51. The number of pyridine rings is 1. The van der Waals surface area contributed by atoms with Crippen LogP contribution in [0.1, 0.15) is 30.6 Å². The first kappa shape index (κ1) is 12.2. The third-order valence-corrected chi connectivity index (χ3v) is 2.66. The predicted octanol–water partition coefficient (Wildman–Crippen LogP) is 2.62. The molecule has 0 radical (unpaired) electrons. The molecule has 1 rings (SSSR count). The average molecular weight is 271 g/mol. The number of carbonyl (C=O) groups excluding carboxylic acids is 1. The zero-order valence-corrected chi connectivity index (χ0v) is 10.5. The van der Waals surface area contributed by atoms with Crippen LogP contribution >= 0.6 is 15.9 Å². The van der Waals surface area contributed by atoms with E-state index in [1.807, 2.05) is 0 Å². The molecule has 0 atom stereocenters. The van der Waals surface area contributed by atoms with E-state index in [-0.39, 0.29) is 5.91 Å². The van der Waals surface area contributed by atoms with Gasteiger partial charge < -0.3 is 5.32 Å². The molecule has 0 aliphatic rings. The predicted molar refractivity (Wildman–Crippen MR) is 63.7 cm³/mol. The van der Waals surface area contributed by atoms with Gasteiger partial charge in [0.1, 0.15) is 0 Å². The molecular formula is C11H15BrN2O. The van der Waals surface area contributed by atoms with E-state index in [1.54, 1.807) is 18.5 Å². The lowest BCUT2D eigenvalue weighted by Gasteiger charge is -2.07. The smallest absolute Gasteiger partial charge is 0.252 e. The van der Waals surface area contributed by atoms with Gasteiger partial charge in [0, 0.05) is 23.4 Å². The van der Waals surface area contributed by atoms with Gasteiger partial charge in [0.15, 0.2) is 0 Å². The first-order valence-corrected chi connectivity index (χ1v) is 5.78. The Bertz CT molecular complexity index is 339. The molecule has 0 saturated carbocycles. The summed E-state index contributed by atoms with van der Waals surface area (Å²) in [5.74, 6) is 0.552. The van der Waals surface area contributed by atoms with Crippen molar-refractivity contribution < 1.29 is 4.79 Å². The van der Waals surface area contributed by atoms with E-state index < -0.39 is 0 Å². The van der Waals surface area contributed by atoms with Gasteiger partial charge in [-0.3, -0.25) is 9.78 Å². The van der Waals surface area contributed by atoms with Crippen molar-refractivity contribution in [2.45, 2.75) is 20.3 Å². The summed E-state index contributed by atoms with van der Waals surface area (Å²) in [7, 11) is 0. The SMILES string of the molecule is CC(C)CCNC(=O)c1ccncc1Br. The Kier molecular flexibility index (Phi) is 4.75. The molecule has 0 aliphatic heterocycles. The molecule has 3 nitrogen and oxygen atoms in total. The number of nitrogens with one attached hydrogen (secondary N) is 1. The maximum atomic E-state index is 11.7. The standard InChI is InChI=1S/C11H15BrN2O/c1-8(2)3-6-14-11(15)9-4-5-13-7-10(9)12/h4-5,7-8H,3,6H2,1-2H3,(H,14,15). The van der Waals surface area contributed by atoms with Gasteiger partial charge in [-0.15, -0.1) is 0 Å². The molecule has 1 heterocycles. The molecule has 82 valence electrons. The fourth-order valence-corrected chi connectivity index (χ4v) is 1.56. The van der Waals surface area contributed by atoms with Gasteiger partial charge in [-0.25, -0.2) is 0 Å². The van der Waals surface area contributed by atoms with E-state index in [4.69, 9.17) is 0 Å². The largest absolute Gasteiger partial charge is 0.352 e. The van der Waals surface area contributed by atoms with Crippen molar-refractivity contribution in [3.63, 3.8) is 0 Å². The number of nitrogens with zero attached hydrogens (tertiary/aromatic N) is 1. The first-order valence-electron chi connectivity index (χ1n) is 4.99. The molecule has 0 saturated heterocycles. The van der Waals surface area contributed by atoms with Gasteiger partial charge in [-0.2, -0.15) is 0 Å². The maximum Gasteiger partial charge on any atom is 0.252 e. The molecule has 0 fully saturated rings. The quantitative estimate of drug-likeness (QED) is 0.914. The Morgan fingerprint density at radius 1 is 1.60 bits per heavy atom. The minimum Gasteiger partial charge on any atom is -0.352 e. The highest BCUT2D eigenvalue weighted by Gasteiger charge is 2.08. The van der Waals surface area contributed by atoms with Crippen molar-refractivity contribution in [2.24, 2.45) is 5.92 Å². The lowest BCUT2D eigenvalue weighted by molar-refractivity contribution is 0.0951. The summed E-state index contributed by atoms with van der Waals surface area (Å²) < 4.78 is 0.729. The van der Waals surface area contributed by atoms with Gasteiger partial charge in [0.05, 0.1) is 5.56 Å². The average Bonchev–Trinajstić information content (AvgIpc) is 2.17. The number of hydrogen-bond donors (Lipinski definition) is 1. The zero-order valence-electron chi connectivity index (χ0n) is 8.96. The van der Waals surface area contributed by atoms with Crippen molar-refractivity contribution >= 4 is 21.8 Å². The Morgan fingerprint density at radius 3 is 2.93 bits per heavy atom. The monoisotopic (exact) mass is 270 g/mol. The first-order chi connectivity index (χ1) is 7.11. The van der Waals surface area contributed by atoms with Crippen LogP contribution in [0, 0.1) is 5.92 Å². The summed E-state index contributed by atoms with van der Waals surface area (Å²) in [6.07, 6.45) is 4.23. The Morgan fingerprint density at radius 2 is 2.33 bits per heavy atom. The summed E-state index contributed by atoms with van der Waals surface area (Å²) in [5.41, 5.74) is 0.633. The fraction of sp³-hybridized carbons (Fsp3) is 0.455. The number of halogens is 1. The number of aromatic nitrogens is 1. The summed E-state index contributed by atoms with van der Waals surface area (Å²) >= 11 is 3.29. The Hall–Kier alpha value is -0.900. The van der Waals surface area contributed by atoms with Gasteiger partial charge in [0.2, 0.25) is 0 Å². The molecular weight excluding hydrogens is 256 g/mol. The van der Waals surface area contributed by atoms with E-state index in [1.165, 1.54) is 0 Å². The fourth-order valence-electron chi connectivity index (χ4n) is 1.13. The van der Waals surface area contributed by atoms with Crippen LogP contribution in [0.2, 0.25) is 0 Å². The number of rotatable bonds is 4. The second-order valence-corrected chi connectivity index (χ2v) is 4.65. The molecule has 0 unspecified atom stereocenters. The van der Waals surface area contributed by atoms with Crippen LogP contribution in [0.5, 0.6) is 0 Å². The summed E-state index contributed by atoms with van der Waals surface area (Å²) in [6.45, 7) is 4.98. The van der Waals surface area contributed by atoms with E-state index in [2.05, 4.69) is 40.1 Å². The second-order valence-electron chi connectivity index (χ2n) is 3.79. The van der Waals surface area contributed by atoms with E-state index in [0.717, 1.165) is 10.9 Å². The summed E-state index contributed by atoms with van der Waals surface area (Å²) in [5, 5.41) is 2.87. The Labute approximate surface area is 98.4 Å². The lowest BCUT2D eigenvalue weighted by atomic mass is 10.1. The molecule has 1 amide bonds. The minimum absolute atomic E-state index is 0.0510. The number of carbonyl (C=O) groups is 1. The van der Waals surface area contributed by atoms with Crippen molar-refractivity contribution in [3.05, 3.63) is 28.5 Å². The van der Waals surface area contributed by atoms with E-state index >= 15 is 0 Å². The normalized spacial score (nSPS) is 10.4. The van der Waals surface area contributed by atoms with Crippen LogP contribution < -0.4 is 5.32 Å². The highest BCUT2D eigenvalue weighted by Crippen LogP contribution is 2.13. The van der Waals surface area contributed by atoms with Crippen molar-refractivity contribution in [1.82, 2.24) is 10.3 Å². The molecule has 1 N–H and O–H groups in total. The van der Waals surface area contributed by atoms with Crippen LogP contribution in [0.4, 0.5) is 0 Å². The lowest BCUT2D eigenvalue weighted by Crippen LogP contribution is -2.25. The minimum atomic E-state index is -0.0510. The van der Waals surface area contributed by atoms with Gasteiger partial charge >= 0.3 is 0 Å². The second kappa shape index (κ2) is 5.85. The highest BCUT2D eigenvalue weighted by atomic mass is 79.9. The third kappa shape index (κ3) is 4.00. The van der Waals surface area contributed by atoms with E-state index in [0.29, 0.717) is 18.0 Å².